The zero-order chi connectivity index (χ0) is 14.5. The number of benzene rings is 1. The summed E-state index contributed by atoms with van der Waals surface area (Å²) < 4.78 is 13.0. The van der Waals surface area contributed by atoms with Crippen molar-refractivity contribution in [1.29, 1.82) is 0 Å². The molecule has 0 amide bonds. The Hall–Kier alpha value is -1.42. The maximum Gasteiger partial charge on any atom is 0.303 e. The van der Waals surface area contributed by atoms with E-state index < -0.39 is 5.97 Å². The molecule has 0 aromatic heterocycles. The third kappa shape index (κ3) is 3.79. The van der Waals surface area contributed by atoms with Crippen molar-refractivity contribution in [1.82, 2.24) is 4.90 Å². The molecule has 1 saturated heterocycles. The molecule has 0 radical (unpaired) electrons. The number of carboxylic acid groups (broad SMARTS) is 1. The summed E-state index contributed by atoms with van der Waals surface area (Å²) >= 11 is 0. The lowest BCUT2D eigenvalue weighted by Gasteiger charge is -2.27. The maximum atomic E-state index is 13.0. The zero-order valence-corrected chi connectivity index (χ0v) is 11.9. The van der Waals surface area contributed by atoms with E-state index in [1.807, 2.05) is 12.1 Å². The summed E-state index contributed by atoms with van der Waals surface area (Å²) in [7, 11) is 0. The topological polar surface area (TPSA) is 40.5 Å². The van der Waals surface area contributed by atoms with Gasteiger partial charge >= 0.3 is 5.97 Å². The van der Waals surface area contributed by atoms with Gasteiger partial charge in [0.25, 0.3) is 0 Å². The number of carboxylic acids is 1. The molecule has 1 aromatic carbocycles. The highest BCUT2D eigenvalue weighted by Gasteiger charge is 2.28. The number of hydrogen-bond donors (Lipinski definition) is 1. The van der Waals surface area contributed by atoms with E-state index in [-0.39, 0.29) is 12.2 Å². The molecular formula is C16H22FNO2. The first-order chi connectivity index (χ1) is 9.60. The van der Waals surface area contributed by atoms with Gasteiger partial charge in [-0.15, -0.1) is 0 Å². The Morgan fingerprint density at radius 3 is 2.75 bits per heavy atom. The molecule has 2 atom stereocenters. The first kappa shape index (κ1) is 15.0. The summed E-state index contributed by atoms with van der Waals surface area (Å²) in [5, 5.41) is 8.75. The monoisotopic (exact) mass is 279 g/mol. The molecule has 20 heavy (non-hydrogen) atoms. The lowest BCUT2D eigenvalue weighted by atomic mass is 10.0. The van der Waals surface area contributed by atoms with Crippen molar-refractivity contribution in [3.63, 3.8) is 0 Å². The molecule has 2 rings (SSSR count). The standard InChI is InChI=1S/C16H22FNO2/c1-2-15(13-4-6-14(17)7-5-13)18-10-9-12(11-18)3-8-16(19)20/h4-7,12,15H,2-3,8-11H2,1H3,(H,19,20). The van der Waals surface area contributed by atoms with Crippen LogP contribution in [0.5, 0.6) is 0 Å². The van der Waals surface area contributed by atoms with Gasteiger partial charge in [0.05, 0.1) is 0 Å². The van der Waals surface area contributed by atoms with E-state index in [1.54, 1.807) is 0 Å². The maximum absolute atomic E-state index is 13.0. The van der Waals surface area contributed by atoms with Crippen LogP contribution in [0.3, 0.4) is 0 Å². The molecule has 4 heteroatoms. The minimum absolute atomic E-state index is 0.204. The molecule has 1 fully saturated rings. The molecule has 0 saturated carbocycles. The minimum atomic E-state index is -0.714. The lowest BCUT2D eigenvalue weighted by molar-refractivity contribution is -0.137. The van der Waals surface area contributed by atoms with Crippen LogP contribution in [-0.2, 0) is 4.79 Å². The van der Waals surface area contributed by atoms with Gasteiger partial charge in [0.2, 0.25) is 0 Å². The number of rotatable bonds is 6. The van der Waals surface area contributed by atoms with Gasteiger partial charge in [0.15, 0.2) is 0 Å². The Balaban J connectivity index is 1.96. The van der Waals surface area contributed by atoms with E-state index >= 15 is 0 Å². The van der Waals surface area contributed by atoms with Gasteiger partial charge in [-0.05, 0) is 49.4 Å². The molecular weight excluding hydrogens is 257 g/mol. The Morgan fingerprint density at radius 2 is 2.15 bits per heavy atom. The molecule has 0 bridgehead atoms. The van der Waals surface area contributed by atoms with E-state index in [0.717, 1.165) is 37.9 Å². The highest BCUT2D eigenvalue weighted by atomic mass is 19.1. The van der Waals surface area contributed by atoms with Crippen LogP contribution in [0.4, 0.5) is 4.39 Å². The summed E-state index contributed by atoms with van der Waals surface area (Å²) in [6.07, 6.45) is 3.06. The van der Waals surface area contributed by atoms with Crippen molar-refractivity contribution in [2.24, 2.45) is 5.92 Å². The molecule has 1 aliphatic rings. The van der Waals surface area contributed by atoms with Gasteiger partial charge in [0, 0.05) is 19.0 Å². The first-order valence-corrected chi connectivity index (χ1v) is 7.31. The molecule has 1 N–H and O–H groups in total. The summed E-state index contributed by atoms with van der Waals surface area (Å²) in [4.78, 5) is 13.0. The van der Waals surface area contributed by atoms with Crippen LogP contribution in [0.2, 0.25) is 0 Å². The second-order valence-electron chi connectivity index (χ2n) is 5.56. The predicted molar refractivity (Wildman–Crippen MR) is 76.0 cm³/mol. The number of carbonyl (C=O) groups is 1. The van der Waals surface area contributed by atoms with Crippen molar-refractivity contribution in [2.75, 3.05) is 13.1 Å². The van der Waals surface area contributed by atoms with Gasteiger partial charge in [-0.25, -0.2) is 4.39 Å². The smallest absolute Gasteiger partial charge is 0.303 e. The minimum Gasteiger partial charge on any atom is -0.481 e. The fourth-order valence-electron chi connectivity index (χ4n) is 3.10. The molecule has 110 valence electrons. The van der Waals surface area contributed by atoms with Gasteiger partial charge in [-0.3, -0.25) is 9.69 Å². The van der Waals surface area contributed by atoms with E-state index in [0.29, 0.717) is 12.0 Å². The summed E-state index contributed by atoms with van der Waals surface area (Å²) in [5.41, 5.74) is 1.15. The number of likely N-dealkylation sites (tertiary alicyclic amines) is 1. The van der Waals surface area contributed by atoms with Crippen LogP contribution < -0.4 is 0 Å². The highest BCUT2D eigenvalue weighted by molar-refractivity contribution is 5.66. The Labute approximate surface area is 119 Å². The molecule has 0 spiro atoms. The van der Waals surface area contributed by atoms with Gasteiger partial charge in [-0.1, -0.05) is 19.1 Å². The molecule has 3 nitrogen and oxygen atoms in total. The molecule has 0 aliphatic carbocycles. The van der Waals surface area contributed by atoms with Crippen LogP contribution in [0, 0.1) is 11.7 Å². The lowest BCUT2D eigenvalue weighted by Crippen LogP contribution is -2.26. The largest absolute Gasteiger partial charge is 0.481 e. The highest BCUT2D eigenvalue weighted by Crippen LogP contribution is 2.31. The Kier molecular flexibility index (Phi) is 5.12. The fourth-order valence-corrected chi connectivity index (χ4v) is 3.10. The number of halogens is 1. The normalized spacial score (nSPS) is 21.0. The van der Waals surface area contributed by atoms with Crippen molar-refractivity contribution < 1.29 is 14.3 Å². The quantitative estimate of drug-likeness (QED) is 0.867. The molecule has 1 aliphatic heterocycles. The van der Waals surface area contributed by atoms with E-state index in [9.17, 15) is 9.18 Å². The van der Waals surface area contributed by atoms with Crippen LogP contribution in [-0.4, -0.2) is 29.1 Å². The second kappa shape index (κ2) is 6.84. The summed E-state index contributed by atoms with van der Waals surface area (Å²) in [6, 6.07) is 7.04. The van der Waals surface area contributed by atoms with Crippen LogP contribution >= 0.6 is 0 Å². The van der Waals surface area contributed by atoms with E-state index in [1.165, 1.54) is 12.1 Å². The number of hydrogen-bond acceptors (Lipinski definition) is 2. The van der Waals surface area contributed by atoms with E-state index in [2.05, 4.69) is 11.8 Å². The van der Waals surface area contributed by atoms with Gasteiger partial charge in [-0.2, -0.15) is 0 Å². The summed E-state index contributed by atoms with van der Waals surface area (Å²) in [5.74, 6) is -0.445. The van der Waals surface area contributed by atoms with Crippen molar-refractivity contribution in [3.8, 4) is 0 Å². The van der Waals surface area contributed by atoms with Crippen LogP contribution in [0.25, 0.3) is 0 Å². The molecule has 2 unspecified atom stereocenters. The number of nitrogens with zero attached hydrogens (tertiary/aromatic N) is 1. The Morgan fingerprint density at radius 1 is 1.45 bits per heavy atom. The average Bonchev–Trinajstić information content (AvgIpc) is 2.88. The van der Waals surface area contributed by atoms with Crippen molar-refractivity contribution >= 4 is 5.97 Å². The fraction of sp³-hybridized carbons (Fsp3) is 0.562. The third-order valence-corrected chi connectivity index (χ3v) is 4.17. The third-order valence-electron chi connectivity index (χ3n) is 4.17. The molecule has 1 heterocycles. The second-order valence-corrected chi connectivity index (χ2v) is 5.56. The van der Waals surface area contributed by atoms with Crippen LogP contribution in [0.1, 0.15) is 44.2 Å². The number of aliphatic carboxylic acids is 1. The van der Waals surface area contributed by atoms with Gasteiger partial charge < -0.3 is 5.11 Å². The molecule has 1 aromatic rings. The van der Waals surface area contributed by atoms with Gasteiger partial charge in [0.1, 0.15) is 5.82 Å². The first-order valence-electron chi connectivity index (χ1n) is 7.31. The van der Waals surface area contributed by atoms with Crippen LogP contribution in [0.15, 0.2) is 24.3 Å². The summed E-state index contributed by atoms with van der Waals surface area (Å²) in [6.45, 7) is 4.09. The average molecular weight is 279 g/mol. The van der Waals surface area contributed by atoms with E-state index in [4.69, 9.17) is 5.11 Å². The predicted octanol–water partition coefficient (Wildman–Crippen LogP) is 3.46. The Bertz CT molecular complexity index is 446. The SMILES string of the molecule is CCC(c1ccc(F)cc1)N1CCC(CCC(=O)O)C1. The van der Waals surface area contributed by atoms with Crippen molar-refractivity contribution in [3.05, 3.63) is 35.6 Å². The van der Waals surface area contributed by atoms with Crippen molar-refractivity contribution in [2.45, 2.75) is 38.6 Å². The zero-order valence-electron chi connectivity index (χ0n) is 11.9.